The molecule has 2 rings (SSSR count). The van der Waals surface area contributed by atoms with Crippen LogP contribution in [-0.4, -0.2) is 18.1 Å². The number of carbonyl (C=O) groups is 1. The lowest BCUT2D eigenvalue weighted by molar-refractivity contribution is -0.143. The molecule has 0 radical (unpaired) electrons. The summed E-state index contributed by atoms with van der Waals surface area (Å²) in [5.74, 6) is -0.316. The molecule has 4 heteroatoms. The number of methoxy groups -OCH3 is 1. The Morgan fingerprint density at radius 3 is 2.68 bits per heavy atom. The first kappa shape index (κ1) is 13.2. The van der Waals surface area contributed by atoms with Gasteiger partial charge in [-0.3, -0.25) is 10.3 Å². The molecule has 0 saturated heterocycles. The van der Waals surface area contributed by atoms with Gasteiger partial charge < -0.3 is 4.74 Å². The van der Waals surface area contributed by atoms with Crippen molar-refractivity contribution in [3.8, 4) is 0 Å². The van der Waals surface area contributed by atoms with E-state index < -0.39 is 6.04 Å². The number of aromatic nitrogens is 1. The van der Waals surface area contributed by atoms with E-state index in [9.17, 15) is 4.79 Å². The molecule has 0 spiro atoms. The maximum atomic E-state index is 11.8. The molecular weight excluding hydrogens is 240 g/mol. The van der Waals surface area contributed by atoms with Crippen molar-refractivity contribution in [1.29, 1.82) is 0 Å². The van der Waals surface area contributed by atoms with Crippen LogP contribution in [0.1, 0.15) is 17.2 Å². The summed E-state index contributed by atoms with van der Waals surface area (Å²) in [6, 6.07) is 13.1. The average molecular weight is 256 g/mol. The van der Waals surface area contributed by atoms with Crippen LogP contribution in [0, 0.1) is 0 Å². The molecular formula is C15H16N2O2. The molecule has 0 bridgehead atoms. The highest BCUT2D eigenvalue weighted by Gasteiger charge is 2.20. The van der Waals surface area contributed by atoms with Gasteiger partial charge in [0, 0.05) is 18.9 Å². The summed E-state index contributed by atoms with van der Waals surface area (Å²) >= 11 is 0. The van der Waals surface area contributed by atoms with Crippen LogP contribution in [0.25, 0.3) is 0 Å². The molecule has 0 aliphatic heterocycles. The zero-order valence-corrected chi connectivity index (χ0v) is 10.7. The number of nitrogens with one attached hydrogen (secondary N) is 1. The van der Waals surface area contributed by atoms with Crippen LogP contribution in [0.3, 0.4) is 0 Å². The molecule has 2 aromatic rings. The Balaban J connectivity index is 2.09. The van der Waals surface area contributed by atoms with Crippen LogP contribution in [0.4, 0.5) is 0 Å². The molecule has 1 atom stereocenters. The molecule has 19 heavy (non-hydrogen) atoms. The highest BCUT2D eigenvalue weighted by molar-refractivity contribution is 5.77. The maximum Gasteiger partial charge on any atom is 0.327 e. The quantitative estimate of drug-likeness (QED) is 0.832. The highest BCUT2D eigenvalue weighted by atomic mass is 16.5. The van der Waals surface area contributed by atoms with E-state index in [0.29, 0.717) is 6.54 Å². The second kappa shape index (κ2) is 6.66. The van der Waals surface area contributed by atoms with E-state index in [1.165, 1.54) is 7.11 Å². The zero-order chi connectivity index (χ0) is 13.5. The Morgan fingerprint density at radius 2 is 2.05 bits per heavy atom. The van der Waals surface area contributed by atoms with Gasteiger partial charge in [-0.2, -0.15) is 0 Å². The Hall–Kier alpha value is -2.20. The maximum absolute atomic E-state index is 11.8. The minimum absolute atomic E-state index is 0.316. The summed E-state index contributed by atoms with van der Waals surface area (Å²) in [7, 11) is 1.38. The van der Waals surface area contributed by atoms with Crippen LogP contribution < -0.4 is 5.32 Å². The molecule has 1 N–H and O–H groups in total. The fraction of sp³-hybridized carbons (Fsp3) is 0.200. The Labute approximate surface area is 112 Å². The fourth-order valence-corrected chi connectivity index (χ4v) is 1.82. The number of ether oxygens (including phenoxy) is 1. The van der Waals surface area contributed by atoms with Gasteiger partial charge in [-0.05, 0) is 17.2 Å². The van der Waals surface area contributed by atoms with E-state index in [0.717, 1.165) is 11.1 Å². The van der Waals surface area contributed by atoms with Gasteiger partial charge in [0.15, 0.2) is 0 Å². The summed E-state index contributed by atoms with van der Waals surface area (Å²) in [5.41, 5.74) is 1.91. The largest absolute Gasteiger partial charge is 0.468 e. The number of carbonyl (C=O) groups excluding carboxylic acids is 1. The van der Waals surface area contributed by atoms with Crippen LogP contribution in [-0.2, 0) is 16.1 Å². The van der Waals surface area contributed by atoms with E-state index in [1.54, 1.807) is 18.5 Å². The van der Waals surface area contributed by atoms with Crippen molar-refractivity contribution < 1.29 is 9.53 Å². The summed E-state index contributed by atoms with van der Waals surface area (Å²) < 4.78 is 4.83. The lowest BCUT2D eigenvalue weighted by Crippen LogP contribution is -2.29. The minimum Gasteiger partial charge on any atom is -0.468 e. The number of nitrogens with zero attached hydrogens (tertiary/aromatic N) is 1. The lowest BCUT2D eigenvalue weighted by Gasteiger charge is -2.16. The molecule has 0 aliphatic carbocycles. The predicted molar refractivity (Wildman–Crippen MR) is 72.3 cm³/mol. The van der Waals surface area contributed by atoms with E-state index in [4.69, 9.17) is 4.74 Å². The molecule has 1 unspecified atom stereocenters. The Morgan fingerprint density at radius 1 is 1.26 bits per heavy atom. The molecule has 0 saturated carbocycles. The number of hydrogen-bond donors (Lipinski definition) is 1. The minimum atomic E-state index is -0.501. The normalized spacial score (nSPS) is 11.8. The number of rotatable bonds is 5. The Bertz CT molecular complexity index is 514. The van der Waals surface area contributed by atoms with Gasteiger partial charge in [0.25, 0.3) is 0 Å². The molecule has 0 amide bonds. The number of pyridine rings is 1. The van der Waals surface area contributed by atoms with Gasteiger partial charge in [0.1, 0.15) is 6.04 Å². The highest BCUT2D eigenvalue weighted by Crippen LogP contribution is 2.14. The van der Waals surface area contributed by atoms with Gasteiger partial charge in [0.05, 0.1) is 7.11 Å². The van der Waals surface area contributed by atoms with Gasteiger partial charge in [-0.25, -0.2) is 4.79 Å². The van der Waals surface area contributed by atoms with Crippen molar-refractivity contribution in [3.05, 3.63) is 66.0 Å². The smallest absolute Gasteiger partial charge is 0.327 e. The summed E-state index contributed by atoms with van der Waals surface area (Å²) in [6.45, 7) is 0.593. The van der Waals surface area contributed by atoms with Gasteiger partial charge in [-0.15, -0.1) is 0 Å². The van der Waals surface area contributed by atoms with Crippen LogP contribution >= 0.6 is 0 Å². The number of hydrogen-bond acceptors (Lipinski definition) is 4. The lowest BCUT2D eigenvalue weighted by atomic mass is 10.1. The first-order valence-corrected chi connectivity index (χ1v) is 6.06. The Kier molecular flexibility index (Phi) is 4.64. The van der Waals surface area contributed by atoms with Crippen molar-refractivity contribution >= 4 is 5.97 Å². The topological polar surface area (TPSA) is 51.2 Å². The van der Waals surface area contributed by atoms with Gasteiger partial charge >= 0.3 is 5.97 Å². The predicted octanol–water partition coefficient (Wildman–Crippen LogP) is 2.09. The summed E-state index contributed by atoms with van der Waals surface area (Å²) in [5, 5.41) is 3.19. The first-order valence-electron chi connectivity index (χ1n) is 6.06. The standard InChI is InChI=1S/C15H16N2O2/c1-19-15(18)14(13-8-5-9-16-11-13)17-10-12-6-3-2-4-7-12/h2-9,11,14,17H,10H2,1H3. The average Bonchev–Trinajstić information content (AvgIpc) is 2.49. The second-order valence-electron chi connectivity index (χ2n) is 4.11. The SMILES string of the molecule is COC(=O)C(NCc1ccccc1)c1cccnc1. The van der Waals surface area contributed by atoms with Crippen molar-refractivity contribution in [3.63, 3.8) is 0 Å². The third-order valence-electron chi connectivity index (χ3n) is 2.81. The summed E-state index contributed by atoms with van der Waals surface area (Å²) in [4.78, 5) is 15.9. The molecule has 98 valence electrons. The van der Waals surface area contributed by atoms with Crippen molar-refractivity contribution in [2.24, 2.45) is 0 Å². The molecule has 0 fully saturated rings. The molecule has 1 heterocycles. The molecule has 1 aromatic carbocycles. The summed E-state index contributed by atoms with van der Waals surface area (Å²) in [6.07, 6.45) is 3.34. The monoisotopic (exact) mass is 256 g/mol. The van der Waals surface area contributed by atoms with Crippen molar-refractivity contribution in [1.82, 2.24) is 10.3 Å². The van der Waals surface area contributed by atoms with E-state index in [-0.39, 0.29) is 5.97 Å². The third-order valence-corrected chi connectivity index (χ3v) is 2.81. The second-order valence-corrected chi connectivity index (χ2v) is 4.11. The molecule has 0 aliphatic rings. The molecule has 1 aromatic heterocycles. The van der Waals surface area contributed by atoms with Crippen LogP contribution in [0.15, 0.2) is 54.9 Å². The van der Waals surface area contributed by atoms with Gasteiger partial charge in [0.2, 0.25) is 0 Å². The first-order chi connectivity index (χ1) is 9.31. The van der Waals surface area contributed by atoms with Crippen LogP contribution in [0.2, 0.25) is 0 Å². The third kappa shape index (κ3) is 3.63. The van der Waals surface area contributed by atoms with Gasteiger partial charge in [-0.1, -0.05) is 36.4 Å². The van der Waals surface area contributed by atoms with E-state index in [2.05, 4.69) is 10.3 Å². The number of benzene rings is 1. The molecule has 4 nitrogen and oxygen atoms in total. The van der Waals surface area contributed by atoms with Crippen LogP contribution in [0.5, 0.6) is 0 Å². The van der Waals surface area contributed by atoms with E-state index in [1.807, 2.05) is 36.4 Å². The number of esters is 1. The van der Waals surface area contributed by atoms with Crippen molar-refractivity contribution in [2.75, 3.05) is 7.11 Å². The zero-order valence-electron chi connectivity index (χ0n) is 10.7. The van der Waals surface area contributed by atoms with E-state index >= 15 is 0 Å². The van der Waals surface area contributed by atoms with Crippen molar-refractivity contribution in [2.45, 2.75) is 12.6 Å². The fourth-order valence-electron chi connectivity index (χ4n) is 1.82.